The van der Waals surface area contributed by atoms with Gasteiger partial charge in [-0.15, -0.1) is 8.78 Å². The van der Waals surface area contributed by atoms with Crippen molar-refractivity contribution in [3.05, 3.63) is 12.3 Å². The van der Waals surface area contributed by atoms with E-state index in [1.54, 1.807) is 6.92 Å². The van der Waals surface area contributed by atoms with Crippen molar-refractivity contribution >= 4 is 5.90 Å². The van der Waals surface area contributed by atoms with Crippen molar-refractivity contribution in [1.82, 2.24) is 0 Å². The summed E-state index contributed by atoms with van der Waals surface area (Å²) < 4.78 is 38.7. The molecule has 0 spiro atoms. The molecule has 88 valence electrons. The Hall–Kier alpha value is -1.17. The summed E-state index contributed by atoms with van der Waals surface area (Å²) in [4.78, 5) is 3.64. The van der Waals surface area contributed by atoms with Crippen molar-refractivity contribution in [3.8, 4) is 0 Å². The molecule has 4 nitrogen and oxygen atoms in total. The van der Waals surface area contributed by atoms with Crippen LogP contribution in [0.2, 0.25) is 0 Å². The molecule has 0 fully saturated rings. The Labute approximate surface area is 87.5 Å². The lowest BCUT2D eigenvalue weighted by atomic mass is 10.7. The summed E-state index contributed by atoms with van der Waals surface area (Å²) in [7, 11) is 1.48. The summed E-state index contributed by atoms with van der Waals surface area (Å²) in [5, 5.41) is 0. The third kappa shape index (κ3) is 6.84. The van der Waals surface area contributed by atoms with E-state index >= 15 is 0 Å². The lowest BCUT2D eigenvalue weighted by Gasteiger charge is -2.20. The van der Waals surface area contributed by atoms with Crippen LogP contribution in [0.3, 0.4) is 0 Å². The Morgan fingerprint density at radius 2 is 2.07 bits per heavy atom. The Balaban J connectivity index is 4.08. The van der Waals surface area contributed by atoms with Gasteiger partial charge >= 0.3 is 6.29 Å². The molecule has 0 aliphatic rings. The van der Waals surface area contributed by atoms with Crippen LogP contribution in [-0.2, 0) is 14.2 Å². The highest BCUT2D eigenvalue weighted by molar-refractivity contribution is 5.72. The molecule has 0 radical (unpaired) electrons. The molecule has 0 heterocycles. The highest BCUT2D eigenvalue weighted by Gasteiger charge is 2.35. The van der Waals surface area contributed by atoms with Gasteiger partial charge in [-0.3, -0.25) is 4.99 Å². The summed E-state index contributed by atoms with van der Waals surface area (Å²) >= 11 is 0. The van der Waals surface area contributed by atoms with Crippen LogP contribution in [0.25, 0.3) is 0 Å². The van der Waals surface area contributed by atoms with Gasteiger partial charge in [0.2, 0.25) is 6.29 Å². The molecule has 0 bridgehead atoms. The van der Waals surface area contributed by atoms with Gasteiger partial charge in [-0.1, -0.05) is 6.08 Å². The minimum absolute atomic E-state index is 0.254. The molecule has 0 amide bonds. The number of aliphatic imine (C=N–C) groups is 1. The molecule has 0 aromatic heterocycles. The molecule has 0 aromatic rings. The number of allylic oxidation sites excluding steroid dienone is 1. The molecule has 1 atom stereocenters. The first-order valence-electron chi connectivity index (χ1n) is 4.36. The van der Waals surface area contributed by atoms with Gasteiger partial charge in [0.15, 0.2) is 5.90 Å². The number of ether oxygens (including phenoxy) is 3. The first-order valence-corrected chi connectivity index (χ1v) is 4.36. The first kappa shape index (κ1) is 13.8. The third-order valence-corrected chi connectivity index (χ3v) is 1.30. The molecule has 0 aliphatic heterocycles. The lowest BCUT2D eigenvalue weighted by molar-refractivity contribution is -0.405. The molecule has 1 unspecified atom stereocenters. The summed E-state index contributed by atoms with van der Waals surface area (Å²) in [6.07, 6.45) is -2.69. The Morgan fingerprint density at radius 1 is 1.47 bits per heavy atom. The molecule has 0 saturated carbocycles. The van der Waals surface area contributed by atoms with Crippen LogP contribution in [0, 0.1) is 0 Å². The molecule has 0 N–H and O–H groups in total. The summed E-state index contributed by atoms with van der Waals surface area (Å²) in [6.45, 7) is 4.40. The maximum Gasteiger partial charge on any atom is 0.537 e. The van der Waals surface area contributed by atoms with Crippen LogP contribution < -0.4 is 0 Å². The largest absolute Gasteiger partial charge is 0.537 e. The Kier molecular flexibility index (Phi) is 5.84. The van der Waals surface area contributed by atoms with Crippen LogP contribution in [0.15, 0.2) is 17.3 Å². The normalized spacial score (nSPS) is 15.5. The second-order valence-corrected chi connectivity index (χ2v) is 2.60. The van der Waals surface area contributed by atoms with Gasteiger partial charge in [0, 0.05) is 14.0 Å². The maximum absolute atomic E-state index is 12.8. The molecular formula is C9H15F2NO3. The molecule has 6 heteroatoms. The number of halogens is 2. The molecule has 0 aromatic carbocycles. The topological polar surface area (TPSA) is 40.0 Å². The van der Waals surface area contributed by atoms with Crippen LogP contribution in [0.4, 0.5) is 8.78 Å². The monoisotopic (exact) mass is 223 g/mol. The van der Waals surface area contributed by atoms with E-state index in [0.29, 0.717) is 0 Å². The van der Waals surface area contributed by atoms with E-state index in [9.17, 15) is 8.78 Å². The summed E-state index contributed by atoms with van der Waals surface area (Å²) in [5.41, 5.74) is 0. The number of hydrogen-bond donors (Lipinski definition) is 0. The van der Waals surface area contributed by atoms with E-state index in [1.165, 1.54) is 27.0 Å². The van der Waals surface area contributed by atoms with Crippen LogP contribution in [0.1, 0.15) is 20.8 Å². The second-order valence-electron chi connectivity index (χ2n) is 2.60. The predicted molar refractivity (Wildman–Crippen MR) is 51.5 cm³/mol. The molecule has 0 saturated heterocycles. The Morgan fingerprint density at radius 3 is 2.53 bits per heavy atom. The fraction of sp³-hybridized carbons (Fsp3) is 0.667. The van der Waals surface area contributed by atoms with E-state index in [-0.39, 0.29) is 5.90 Å². The fourth-order valence-electron chi connectivity index (χ4n) is 0.685. The molecule has 0 rings (SSSR count). The van der Waals surface area contributed by atoms with Gasteiger partial charge in [-0.2, -0.15) is 0 Å². The van der Waals surface area contributed by atoms with E-state index in [0.717, 1.165) is 6.26 Å². The summed E-state index contributed by atoms with van der Waals surface area (Å²) in [5.74, 6) is 0.254. The van der Waals surface area contributed by atoms with E-state index in [4.69, 9.17) is 4.74 Å². The first-order chi connectivity index (χ1) is 6.91. The Bertz CT molecular complexity index is 242. The van der Waals surface area contributed by atoms with Crippen molar-refractivity contribution < 1.29 is 23.0 Å². The highest BCUT2D eigenvalue weighted by Crippen LogP contribution is 2.20. The SMILES string of the molecule is C/C=C/OC(F)(F)OC(C)O/C(C)=N\C. The van der Waals surface area contributed by atoms with E-state index in [1.807, 2.05) is 0 Å². The third-order valence-electron chi connectivity index (χ3n) is 1.30. The zero-order valence-electron chi connectivity index (χ0n) is 9.16. The van der Waals surface area contributed by atoms with Crippen molar-refractivity contribution in [2.75, 3.05) is 7.05 Å². The maximum atomic E-state index is 12.8. The number of nitrogens with zero attached hydrogens (tertiary/aromatic N) is 1. The molecule has 15 heavy (non-hydrogen) atoms. The minimum atomic E-state index is -3.71. The second kappa shape index (κ2) is 6.34. The number of alkyl halides is 2. The lowest BCUT2D eigenvalue weighted by Crippen LogP contribution is -2.30. The molecular weight excluding hydrogens is 208 g/mol. The van der Waals surface area contributed by atoms with E-state index in [2.05, 4.69) is 14.5 Å². The smallest absolute Gasteiger partial charge is 0.452 e. The average molecular weight is 223 g/mol. The van der Waals surface area contributed by atoms with Crippen LogP contribution >= 0.6 is 0 Å². The van der Waals surface area contributed by atoms with Crippen molar-refractivity contribution in [2.45, 2.75) is 33.4 Å². The average Bonchev–Trinajstić information content (AvgIpc) is 2.13. The zero-order chi connectivity index (χ0) is 11.9. The van der Waals surface area contributed by atoms with Crippen molar-refractivity contribution in [2.24, 2.45) is 4.99 Å². The summed E-state index contributed by atoms with van der Waals surface area (Å²) in [6, 6.07) is 0. The quantitative estimate of drug-likeness (QED) is 0.311. The highest BCUT2D eigenvalue weighted by atomic mass is 19.3. The van der Waals surface area contributed by atoms with Crippen molar-refractivity contribution in [1.29, 1.82) is 0 Å². The van der Waals surface area contributed by atoms with Gasteiger partial charge < -0.3 is 9.47 Å². The van der Waals surface area contributed by atoms with Crippen LogP contribution in [0.5, 0.6) is 0 Å². The fourth-order valence-corrected chi connectivity index (χ4v) is 0.685. The van der Waals surface area contributed by atoms with Crippen LogP contribution in [-0.4, -0.2) is 25.5 Å². The van der Waals surface area contributed by atoms with Crippen molar-refractivity contribution in [3.63, 3.8) is 0 Å². The predicted octanol–water partition coefficient (Wildman–Crippen LogP) is 2.51. The number of rotatable bonds is 5. The minimum Gasteiger partial charge on any atom is -0.452 e. The van der Waals surface area contributed by atoms with Gasteiger partial charge in [0.05, 0.1) is 6.26 Å². The molecule has 0 aliphatic carbocycles. The van der Waals surface area contributed by atoms with E-state index < -0.39 is 12.6 Å². The standard InChI is InChI=1S/C9H15F2NO3/c1-5-6-13-9(10,11)15-8(3)14-7(2)12-4/h5-6,8H,1-4H3/b6-5+,12-7-. The van der Waals surface area contributed by atoms with Gasteiger partial charge in [-0.25, -0.2) is 4.74 Å². The van der Waals surface area contributed by atoms with Gasteiger partial charge in [0.25, 0.3) is 0 Å². The van der Waals surface area contributed by atoms with Gasteiger partial charge in [0.1, 0.15) is 0 Å². The number of hydrogen-bond acceptors (Lipinski definition) is 4. The zero-order valence-corrected chi connectivity index (χ0v) is 9.16. The van der Waals surface area contributed by atoms with Gasteiger partial charge in [-0.05, 0) is 13.8 Å².